The molecular formula is C17H18N2O3. The molecule has 0 aliphatic carbocycles. The van der Waals surface area contributed by atoms with Crippen LogP contribution in [0.15, 0.2) is 42.6 Å². The molecule has 0 radical (unpaired) electrons. The molecule has 0 fully saturated rings. The third-order valence-electron chi connectivity index (χ3n) is 3.00. The first-order valence-corrected chi connectivity index (χ1v) is 6.76. The summed E-state index contributed by atoms with van der Waals surface area (Å²) in [6.45, 7) is 1.94. The van der Waals surface area contributed by atoms with Crippen molar-refractivity contribution in [3.05, 3.63) is 53.7 Å². The van der Waals surface area contributed by atoms with E-state index >= 15 is 0 Å². The second-order valence-electron chi connectivity index (χ2n) is 4.66. The van der Waals surface area contributed by atoms with Crippen molar-refractivity contribution in [2.75, 3.05) is 19.5 Å². The van der Waals surface area contributed by atoms with E-state index in [1.807, 2.05) is 25.1 Å². The summed E-state index contributed by atoms with van der Waals surface area (Å²) in [7, 11) is 3.15. The van der Waals surface area contributed by atoms with Crippen molar-refractivity contribution in [3.63, 3.8) is 0 Å². The number of anilines is 1. The maximum atomic E-state index is 11.9. The number of hydrogen-bond donors (Lipinski definition) is 1. The second-order valence-corrected chi connectivity index (χ2v) is 4.66. The number of pyridine rings is 1. The molecule has 0 atom stereocenters. The third-order valence-corrected chi connectivity index (χ3v) is 3.00. The van der Waals surface area contributed by atoms with Crippen LogP contribution in [0.4, 0.5) is 5.82 Å². The third kappa shape index (κ3) is 4.09. The van der Waals surface area contributed by atoms with E-state index in [2.05, 4.69) is 10.3 Å². The lowest BCUT2D eigenvalue weighted by Gasteiger charge is -2.07. The Morgan fingerprint density at radius 1 is 1.14 bits per heavy atom. The molecule has 2 rings (SSSR count). The fraction of sp³-hybridized carbons (Fsp3) is 0.176. The second kappa shape index (κ2) is 7.26. The number of methoxy groups -OCH3 is 2. The van der Waals surface area contributed by atoms with Crippen molar-refractivity contribution in [2.24, 2.45) is 0 Å². The van der Waals surface area contributed by atoms with Crippen LogP contribution < -0.4 is 14.8 Å². The minimum atomic E-state index is -0.243. The van der Waals surface area contributed by atoms with Crippen LogP contribution in [0.2, 0.25) is 0 Å². The van der Waals surface area contributed by atoms with Gasteiger partial charge in [-0.15, -0.1) is 0 Å². The molecule has 5 heteroatoms. The summed E-state index contributed by atoms with van der Waals surface area (Å²) in [5.74, 6) is 1.55. The normalized spacial score (nSPS) is 10.5. The summed E-state index contributed by atoms with van der Waals surface area (Å²) in [5, 5.41) is 2.71. The van der Waals surface area contributed by atoms with E-state index in [9.17, 15) is 4.79 Å². The van der Waals surface area contributed by atoms with Gasteiger partial charge >= 0.3 is 0 Å². The predicted octanol–water partition coefficient (Wildman–Crippen LogP) is 3.06. The maximum Gasteiger partial charge on any atom is 0.249 e. The molecule has 0 unspecified atom stereocenters. The molecular weight excluding hydrogens is 280 g/mol. The first-order valence-electron chi connectivity index (χ1n) is 6.76. The number of carbonyl (C=O) groups excluding carboxylic acids is 1. The van der Waals surface area contributed by atoms with Crippen molar-refractivity contribution in [2.45, 2.75) is 6.92 Å². The van der Waals surface area contributed by atoms with Crippen LogP contribution in [-0.4, -0.2) is 25.1 Å². The summed E-state index contributed by atoms with van der Waals surface area (Å²) in [5.41, 5.74) is 1.87. The number of hydrogen-bond acceptors (Lipinski definition) is 4. The minimum Gasteiger partial charge on any atom is -0.493 e. The highest BCUT2D eigenvalue weighted by atomic mass is 16.5. The molecule has 1 N–H and O–H groups in total. The molecule has 1 aromatic carbocycles. The average Bonchev–Trinajstić information content (AvgIpc) is 2.52. The first-order chi connectivity index (χ1) is 10.6. The summed E-state index contributed by atoms with van der Waals surface area (Å²) >= 11 is 0. The molecule has 0 saturated carbocycles. The summed E-state index contributed by atoms with van der Waals surface area (Å²) in [6.07, 6.45) is 4.81. The molecule has 1 aromatic heterocycles. The standard InChI is InChI=1S/C17H18N2O3/c1-12-8-9-18-16(10-12)19-17(20)7-5-13-4-6-14(21-2)15(11-13)22-3/h4-11H,1-3H3,(H,18,19,20). The van der Waals surface area contributed by atoms with E-state index in [4.69, 9.17) is 9.47 Å². The maximum absolute atomic E-state index is 11.9. The Balaban J connectivity index is 2.06. The van der Waals surface area contributed by atoms with Gasteiger partial charge < -0.3 is 14.8 Å². The zero-order valence-electron chi connectivity index (χ0n) is 12.8. The fourth-order valence-corrected chi connectivity index (χ4v) is 1.90. The largest absolute Gasteiger partial charge is 0.493 e. The van der Waals surface area contributed by atoms with E-state index < -0.39 is 0 Å². The van der Waals surface area contributed by atoms with Crippen LogP contribution in [0, 0.1) is 6.92 Å². The number of carbonyl (C=O) groups is 1. The Kier molecular flexibility index (Phi) is 5.14. The van der Waals surface area contributed by atoms with Gasteiger partial charge in [-0.05, 0) is 48.4 Å². The van der Waals surface area contributed by atoms with Gasteiger partial charge in [-0.2, -0.15) is 0 Å². The van der Waals surface area contributed by atoms with Crippen molar-refractivity contribution in [3.8, 4) is 11.5 Å². The quantitative estimate of drug-likeness (QED) is 0.862. The van der Waals surface area contributed by atoms with E-state index in [1.165, 1.54) is 6.08 Å². The molecule has 0 saturated heterocycles. The van der Waals surface area contributed by atoms with Gasteiger partial charge in [0.25, 0.3) is 0 Å². The number of aromatic nitrogens is 1. The molecule has 1 amide bonds. The first kappa shape index (κ1) is 15.6. The van der Waals surface area contributed by atoms with Gasteiger partial charge in [0.1, 0.15) is 5.82 Å². The summed E-state index contributed by atoms with van der Waals surface area (Å²) in [6, 6.07) is 9.11. The average molecular weight is 298 g/mol. The number of rotatable bonds is 5. The lowest BCUT2D eigenvalue weighted by Crippen LogP contribution is -2.09. The van der Waals surface area contributed by atoms with Crippen molar-refractivity contribution in [1.82, 2.24) is 4.98 Å². The van der Waals surface area contributed by atoms with E-state index in [1.54, 1.807) is 38.6 Å². The topological polar surface area (TPSA) is 60.5 Å². The zero-order valence-corrected chi connectivity index (χ0v) is 12.8. The number of benzene rings is 1. The molecule has 0 bridgehead atoms. The summed E-state index contributed by atoms with van der Waals surface area (Å²) in [4.78, 5) is 16.0. The molecule has 5 nitrogen and oxygen atoms in total. The molecule has 114 valence electrons. The Labute approximate surface area is 129 Å². The van der Waals surface area contributed by atoms with E-state index in [0.717, 1.165) is 11.1 Å². The van der Waals surface area contributed by atoms with E-state index in [-0.39, 0.29) is 5.91 Å². The lowest BCUT2D eigenvalue weighted by molar-refractivity contribution is -0.111. The number of amides is 1. The Morgan fingerprint density at radius 2 is 1.91 bits per heavy atom. The fourth-order valence-electron chi connectivity index (χ4n) is 1.90. The van der Waals surface area contributed by atoms with Gasteiger partial charge in [0, 0.05) is 12.3 Å². The molecule has 0 spiro atoms. The molecule has 1 heterocycles. The van der Waals surface area contributed by atoms with Crippen LogP contribution >= 0.6 is 0 Å². The van der Waals surface area contributed by atoms with Gasteiger partial charge in [-0.3, -0.25) is 4.79 Å². The lowest BCUT2D eigenvalue weighted by atomic mass is 10.2. The number of aryl methyl sites for hydroxylation is 1. The number of nitrogens with zero attached hydrogens (tertiary/aromatic N) is 1. The minimum absolute atomic E-state index is 0.243. The Bertz CT molecular complexity index is 696. The molecule has 22 heavy (non-hydrogen) atoms. The zero-order chi connectivity index (χ0) is 15.9. The van der Waals surface area contributed by atoms with Crippen LogP contribution in [0.1, 0.15) is 11.1 Å². The highest BCUT2D eigenvalue weighted by Crippen LogP contribution is 2.27. The van der Waals surface area contributed by atoms with Crippen LogP contribution in [-0.2, 0) is 4.79 Å². The predicted molar refractivity (Wildman–Crippen MR) is 86.2 cm³/mol. The van der Waals surface area contributed by atoms with E-state index in [0.29, 0.717) is 17.3 Å². The van der Waals surface area contributed by atoms with Crippen molar-refractivity contribution >= 4 is 17.8 Å². The van der Waals surface area contributed by atoms with Gasteiger partial charge in [0.15, 0.2) is 11.5 Å². The Hall–Kier alpha value is -2.82. The molecule has 0 aliphatic rings. The number of ether oxygens (including phenoxy) is 2. The van der Waals surface area contributed by atoms with Gasteiger partial charge in [-0.25, -0.2) is 4.98 Å². The number of nitrogens with one attached hydrogen (secondary N) is 1. The monoisotopic (exact) mass is 298 g/mol. The van der Waals surface area contributed by atoms with Gasteiger partial charge in [0.2, 0.25) is 5.91 Å². The van der Waals surface area contributed by atoms with Crippen LogP contribution in [0.3, 0.4) is 0 Å². The van der Waals surface area contributed by atoms with Gasteiger partial charge in [-0.1, -0.05) is 6.07 Å². The molecule has 2 aromatic rings. The van der Waals surface area contributed by atoms with Crippen LogP contribution in [0.25, 0.3) is 6.08 Å². The van der Waals surface area contributed by atoms with Crippen molar-refractivity contribution < 1.29 is 14.3 Å². The summed E-state index contributed by atoms with van der Waals surface area (Å²) < 4.78 is 10.4. The SMILES string of the molecule is COc1ccc(C=CC(=O)Nc2cc(C)ccn2)cc1OC. The van der Waals surface area contributed by atoms with Gasteiger partial charge in [0.05, 0.1) is 14.2 Å². The van der Waals surface area contributed by atoms with Crippen LogP contribution in [0.5, 0.6) is 11.5 Å². The molecule has 0 aliphatic heterocycles. The highest BCUT2D eigenvalue weighted by Gasteiger charge is 2.03. The highest BCUT2D eigenvalue weighted by molar-refractivity contribution is 6.01. The Morgan fingerprint density at radius 3 is 2.59 bits per heavy atom. The van der Waals surface area contributed by atoms with Crippen molar-refractivity contribution in [1.29, 1.82) is 0 Å². The smallest absolute Gasteiger partial charge is 0.249 e.